The fourth-order valence-electron chi connectivity index (χ4n) is 2.46. The predicted octanol–water partition coefficient (Wildman–Crippen LogP) is 2.93. The van der Waals surface area contributed by atoms with Crippen molar-refractivity contribution < 1.29 is 38.5 Å². The third-order valence-electron chi connectivity index (χ3n) is 4.00. The maximum Gasteiger partial charge on any atom is 0.341 e. The number of imide groups is 1. The van der Waals surface area contributed by atoms with Gasteiger partial charge in [-0.25, -0.2) is 4.79 Å². The number of aliphatic carboxylic acids is 1. The zero-order chi connectivity index (χ0) is 22.3. The maximum absolute atomic E-state index is 12.6. The van der Waals surface area contributed by atoms with Crippen molar-refractivity contribution in [1.29, 1.82) is 0 Å². The number of carboxylic acids is 1. The highest BCUT2D eigenvalue weighted by atomic mass is 32.2. The van der Waals surface area contributed by atoms with Crippen LogP contribution in [0.5, 0.6) is 11.5 Å². The van der Waals surface area contributed by atoms with E-state index in [1.54, 1.807) is 32.0 Å². The first kappa shape index (κ1) is 23.3. The average molecular weight is 437 g/mol. The second-order valence-corrected chi connectivity index (χ2v) is 7.26. The van der Waals surface area contributed by atoms with Crippen LogP contribution in [0.25, 0.3) is 6.08 Å². The lowest BCUT2D eigenvalue weighted by atomic mass is 10.1. The molecule has 1 aromatic carbocycles. The van der Waals surface area contributed by atoms with Crippen molar-refractivity contribution in [2.45, 2.75) is 33.3 Å². The molecule has 10 heteroatoms. The van der Waals surface area contributed by atoms with Crippen LogP contribution in [0.4, 0.5) is 4.79 Å². The summed E-state index contributed by atoms with van der Waals surface area (Å²) in [6.45, 7) is 4.57. The van der Waals surface area contributed by atoms with E-state index in [4.69, 9.17) is 19.3 Å². The first-order valence-corrected chi connectivity index (χ1v) is 10.1. The van der Waals surface area contributed by atoms with Gasteiger partial charge in [-0.05, 0) is 44.2 Å². The van der Waals surface area contributed by atoms with E-state index >= 15 is 0 Å². The number of thioether (sulfide) groups is 1. The number of carbonyl (C=O) groups excluding carboxylic acids is 3. The normalized spacial score (nSPS) is 16.0. The molecule has 0 radical (unpaired) electrons. The third-order valence-corrected chi connectivity index (χ3v) is 4.91. The molecule has 162 valence electrons. The molecule has 1 saturated heterocycles. The maximum atomic E-state index is 12.6. The molecule has 30 heavy (non-hydrogen) atoms. The average Bonchev–Trinajstić information content (AvgIpc) is 2.94. The first-order chi connectivity index (χ1) is 14.3. The number of carbonyl (C=O) groups is 4. The molecule has 2 rings (SSSR count). The summed E-state index contributed by atoms with van der Waals surface area (Å²) in [7, 11) is 0. The Hall–Kier alpha value is -3.01. The van der Waals surface area contributed by atoms with Crippen molar-refractivity contribution in [2.75, 3.05) is 19.8 Å². The van der Waals surface area contributed by atoms with E-state index in [2.05, 4.69) is 0 Å². The van der Waals surface area contributed by atoms with E-state index in [-0.39, 0.29) is 16.8 Å². The summed E-state index contributed by atoms with van der Waals surface area (Å²) in [5.74, 6) is -2.03. The zero-order valence-corrected chi connectivity index (χ0v) is 17.7. The highest BCUT2D eigenvalue weighted by molar-refractivity contribution is 8.18. The molecule has 2 amide bonds. The summed E-state index contributed by atoms with van der Waals surface area (Å²) in [5, 5.41) is 8.32. The van der Waals surface area contributed by atoms with Crippen molar-refractivity contribution in [3.05, 3.63) is 28.7 Å². The van der Waals surface area contributed by atoms with Crippen molar-refractivity contribution in [2.24, 2.45) is 0 Å². The van der Waals surface area contributed by atoms with Gasteiger partial charge in [0, 0.05) is 5.56 Å². The van der Waals surface area contributed by atoms with Gasteiger partial charge in [0.1, 0.15) is 6.54 Å². The SMILES string of the molecule is CCOc1cccc(/C=C2\SC(=O)N(CC(=O)O[C@H](C)CC)C2=O)c1OCC(=O)O. The molecule has 9 nitrogen and oxygen atoms in total. The number of nitrogens with zero attached hydrogens (tertiary/aromatic N) is 1. The Labute approximate surface area is 178 Å². The van der Waals surface area contributed by atoms with Crippen LogP contribution in [0.1, 0.15) is 32.8 Å². The Morgan fingerprint density at radius 3 is 2.60 bits per heavy atom. The molecule has 1 heterocycles. The predicted molar refractivity (Wildman–Crippen MR) is 109 cm³/mol. The van der Waals surface area contributed by atoms with Crippen LogP contribution in [0.3, 0.4) is 0 Å². The van der Waals surface area contributed by atoms with Crippen molar-refractivity contribution >= 4 is 40.9 Å². The third kappa shape index (κ3) is 5.99. The van der Waals surface area contributed by atoms with Crippen molar-refractivity contribution in [3.63, 3.8) is 0 Å². The van der Waals surface area contributed by atoms with Crippen LogP contribution in [0, 0.1) is 0 Å². The van der Waals surface area contributed by atoms with Crippen LogP contribution < -0.4 is 9.47 Å². The van der Waals surface area contributed by atoms with Crippen LogP contribution in [-0.2, 0) is 19.1 Å². The largest absolute Gasteiger partial charge is 0.490 e. The molecule has 0 spiro atoms. The van der Waals surface area contributed by atoms with E-state index in [0.29, 0.717) is 36.1 Å². The fraction of sp³-hybridized carbons (Fsp3) is 0.400. The minimum absolute atomic E-state index is 0.0742. The van der Waals surface area contributed by atoms with E-state index in [0.717, 1.165) is 4.90 Å². The molecule has 1 N–H and O–H groups in total. The summed E-state index contributed by atoms with van der Waals surface area (Å²) in [5.41, 5.74) is 0.370. The number of amides is 2. The van der Waals surface area contributed by atoms with Gasteiger partial charge in [0.25, 0.3) is 11.1 Å². The van der Waals surface area contributed by atoms with Crippen LogP contribution >= 0.6 is 11.8 Å². The topological polar surface area (TPSA) is 119 Å². The van der Waals surface area contributed by atoms with Gasteiger partial charge >= 0.3 is 11.9 Å². The summed E-state index contributed by atoms with van der Waals surface area (Å²) in [6.07, 6.45) is 1.70. The van der Waals surface area contributed by atoms with Gasteiger partial charge in [-0.3, -0.25) is 19.3 Å². The van der Waals surface area contributed by atoms with E-state index in [1.807, 2.05) is 6.92 Å². The van der Waals surface area contributed by atoms with Gasteiger partial charge in [0.2, 0.25) is 0 Å². The van der Waals surface area contributed by atoms with Crippen LogP contribution in [0.2, 0.25) is 0 Å². The number of hydrogen-bond donors (Lipinski definition) is 1. The Balaban J connectivity index is 2.27. The fourth-order valence-corrected chi connectivity index (χ4v) is 3.28. The molecule has 1 aromatic rings. The van der Waals surface area contributed by atoms with Crippen molar-refractivity contribution in [3.8, 4) is 11.5 Å². The van der Waals surface area contributed by atoms with Gasteiger partial charge in [0.15, 0.2) is 18.1 Å². The molecule has 1 aliphatic rings. The summed E-state index contributed by atoms with van der Waals surface area (Å²) < 4.78 is 15.9. The Morgan fingerprint density at radius 2 is 1.97 bits per heavy atom. The van der Waals surface area contributed by atoms with Crippen LogP contribution in [-0.4, -0.2) is 59.0 Å². The quantitative estimate of drug-likeness (QED) is 0.435. The number of carboxylic acid groups (broad SMARTS) is 1. The molecule has 0 bridgehead atoms. The van der Waals surface area contributed by atoms with Gasteiger partial charge in [0.05, 0.1) is 17.6 Å². The minimum atomic E-state index is -1.17. The van der Waals surface area contributed by atoms with E-state index < -0.39 is 36.2 Å². The van der Waals surface area contributed by atoms with Gasteiger partial charge in [-0.1, -0.05) is 19.1 Å². The standard InChI is InChI=1S/C20H23NO8S/c1-4-12(3)29-17(24)10-21-19(25)15(30-20(21)26)9-13-7-6-8-14(27-5-2)18(13)28-11-16(22)23/h6-9,12H,4-5,10-11H2,1-3H3,(H,22,23)/b15-9-/t12-/m1/s1. The Bertz CT molecular complexity index is 866. The molecule has 0 unspecified atom stereocenters. The molecule has 0 aliphatic carbocycles. The lowest BCUT2D eigenvalue weighted by molar-refractivity contribution is -0.150. The Kier molecular flexibility index (Phi) is 8.28. The van der Waals surface area contributed by atoms with Gasteiger partial charge in [-0.2, -0.15) is 0 Å². The molecule has 1 aliphatic heterocycles. The summed E-state index contributed by atoms with van der Waals surface area (Å²) >= 11 is 0.674. The summed E-state index contributed by atoms with van der Waals surface area (Å²) in [4.78, 5) is 48.6. The number of rotatable bonds is 10. The van der Waals surface area contributed by atoms with Crippen molar-refractivity contribution in [1.82, 2.24) is 4.90 Å². The van der Waals surface area contributed by atoms with Gasteiger partial charge < -0.3 is 19.3 Å². The lowest BCUT2D eigenvalue weighted by Crippen LogP contribution is -2.35. The van der Waals surface area contributed by atoms with E-state index in [9.17, 15) is 19.2 Å². The zero-order valence-electron chi connectivity index (χ0n) is 16.9. The molecular formula is C20H23NO8S. The second kappa shape index (κ2) is 10.7. The van der Waals surface area contributed by atoms with Crippen LogP contribution in [0.15, 0.2) is 23.1 Å². The molecular weight excluding hydrogens is 414 g/mol. The Morgan fingerprint density at radius 1 is 1.23 bits per heavy atom. The number of para-hydroxylation sites is 1. The number of esters is 1. The summed E-state index contributed by atoms with van der Waals surface area (Å²) in [6, 6.07) is 4.86. The number of hydrogen-bond acceptors (Lipinski definition) is 8. The molecule has 1 atom stereocenters. The highest BCUT2D eigenvalue weighted by Crippen LogP contribution is 2.37. The van der Waals surface area contributed by atoms with E-state index in [1.165, 1.54) is 6.08 Å². The molecule has 0 aromatic heterocycles. The number of ether oxygens (including phenoxy) is 3. The highest BCUT2D eigenvalue weighted by Gasteiger charge is 2.37. The second-order valence-electron chi connectivity index (χ2n) is 6.27. The lowest BCUT2D eigenvalue weighted by Gasteiger charge is -2.15. The molecule has 1 fully saturated rings. The molecule has 0 saturated carbocycles. The first-order valence-electron chi connectivity index (χ1n) is 9.32. The number of benzene rings is 1. The van der Waals surface area contributed by atoms with Gasteiger partial charge in [-0.15, -0.1) is 0 Å². The monoisotopic (exact) mass is 437 g/mol. The smallest absolute Gasteiger partial charge is 0.341 e. The minimum Gasteiger partial charge on any atom is -0.490 e.